The Kier molecular flexibility index (Phi) is 4.39. The summed E-state index contributed by atoms with van der Waals surface area (Å²) < 4.78 is 0. The van der Waals surface area contributed by atoms with Gasteiger partial charge in [-0.1, -0.05) is 25.3 Å². The molecular formula is C20H28N2O. The highest BCUT2D eigenvalue weighted by molar-refractivity contribution is 5.92. The fraction of sp³-hybridized carbons (Fsp3) is 0.650. The van der Waals surface area contributed by atoms with Gasteiger partial charge in [-0.15, -0.1) is 0 Å². The van der Waals surface area contributed by atoms with Gasteiger partial charge >= 0.3 is 0 Å². The predicted octanol–water partition coefficient (Wildman–Crippen LogP) is 3.63. The average molecular weight is 312 g/mol. The minimum atomic E-state index is 0.150. The lowest BCUT2D eigenvalue weighted by atomic mass is 9.75. The number of amides is 1. The summed E-state index contributed by atoms with van der Waals surface area (Å²) in [6.45, 7) is 2.78. The quantitative estimate of drug-likeness (QED) is 0.924. The van der Waals surface area contributed by atoms with Crippen LogP contribution in [0.25, 0.3) is 0 Å². The zero-order chi connectivity index (χ0) is 15.6. The van der Waals surface area contributed by atoms with Crippen LogP contribution in [0.5, 0.6) is 0 Å². The lowest BCUT2D eigenvalue weighted by Crippen LogP contribution is -2.44. The molecule has 1 amide bonds. The molecule has 0 unspecified atom stereocenters. The summed E-state index contributed by atoms with van der Waals surface area (Å²) in [6.07, 6.45) is 10.5. The number of carbonyl (C=O) groups excluding carboxylic acids is 1. The van der Waals surface area contributed by atoms with E-state index in [0.717, 1.165) is 37.0 Å². The monoisotopic (exact) mass is 312 g/mol. The van der Waals surface area contributed by atoms with Crippen molar-refractivity contribution in [2.75, 3.05) is 25.0 Å². The Labute approximate surface area is 139 Å². The summed E-state index contributed by atoms with van der Waals surface area (Å²) in [5.41, 5.74) is 3.86. The number of nitrogens with one attached hydrogen (secondary N) is 1. The van der Waals surface area contributed by atoms with Crippen molar-refractivity contribution in [2.45, 2.75) is 51.4 Å². The van der Waals surface area contributed by atoms with Crippen molar-refractivity contribution < 1.29 is 4.79 Å². The normalized spacial score (nSPS) is 27.3. The fourth-order valence-corrected chi connectivity index (χ4v) is 4.87. The van der Waals surface area contributed by atoms with E-state index in [1.807, 2.05) is 0 Å². The first-order valence-corrected chi connectivity index (χ1v) is 9.42. The van der Waals surface area contributed by atoms with E-state index in [1.54, 1.807) is 0 Å². The molecule has 1 saturated heterocycles. The number of hydrogen-bond acceptors (Lipinski definition) is 2. The highest BCUT2D eigenvalue weighted by Crippen LogP contribution is 2.35. The SMILES string of the molecule is O=C(CN1CC[C@@H]2CCCC[C@@H]2C1)Nc1ccc2c(c1)CCC2. The van der Waals surface area contributed by atoms with Crippen LogP contribution in [0.1, 0.15) is 49.7 Å². The van der Waals surface area contributed by atoms with Gasteiger partial charge in [0.2, 0.25) is 5.91 Å². The maximum Gasteiger partial charge on any atom is 0.238 e. The van der Waals surface area contributed by atoms with Gasteiger partial charge in [0, 0.05) is 12.2 Å². The third-order valence-electron chi connectivity index (χ3n) is 6.12. The molecule has 2 aliphatic carbocycles. The fourth-order valence-electron chi connectivity index (χ4n) is 4.87. The van der Waals surface area contributed by atoms with Crippen molar-refractivity contribution in [3.8, 4) is 0 Å². The van der Waals surface area contributed by atoms with Gasteiger partial charge in [-0.05, 0) is 73.7 Å². The van der Waals surface area contributed by atoms with Crippen molar-refractivity contribution >= 4 is 11.6 Å². The molecule has 0 spiro atoms. The van der Waals surface area contributed by atoms with Crippen LogP contribution in [-0.2, 0) is 17.6 Å². The van der Waals surface area contributed by atoms with Crippen LogP contribution in [-0.4, -0.2) is 30.4 Å². The van der Waals surface area contributed by atoms with Gasteiger partial charge in [-0.2, -0.15) is 0 Å². The maximum atomic E-state index is 12.4. The highest BCUT2D eigenvalue weighted by Gasteiger charge is 2.31. The highest BCUT2D eigenvalue weighted by atomic mass is 16.2. The van der Waals surface area contributed by atoms with Gasteiger partial charge in [0.05, 0.1) is 6.54 Å². The number of carbonyl (C=O) groups is 1. The zero-order valence-electron chi connectivity index (χ0n) is 14.0. The van der Waals surface area contributed by atoms with Gasteiger partial charge in [0.15, 0.2) is 0 Å². The van der Waals surface area contributed by atoms with Gasteiger partial charge < -0.3 is 5.32 Å². The van der Waals surface area contributed by atoms with Gasteiger partial charge in [0.1, 0.15) is 0 Å². The first-order chi connectivity index (χ1) is 11.3. The third kappa shape index (κ3) is 3.45. The number of nitrogens with zero attached hydrogens (tertiary/aromatic N) is 1. The summed E-state index contributed by atoms with van der Waals surface area (Å²) in [7, 11) is 0. The topological polar surface area (TPSA) is 32.3 Å². The Balaban J connectivity index is 1.31. The molecule has 1 heterocycles. The van der Waals surface area contributed by atoms with Gasteiger partial charge in [-0.25, -0.2) is 0 Å². The molecule has 23 heavy (non-hydrogen) atoms. The van der Waals surface area contributed by atoms with Crippen molar-refractivity contribution in [1.29, 1.82) is 0 Å². The first-order valence-electron chi connectivity index (χ1n) is 9.42. The molecule has 3 aliphatic rings. The zero-order valence-corrected chi connectivity index (χ0v) is 14.0. The molecule has 1 aromatic carbocycles. The number of fused-ring (bicyclic) bond motifs is 2. The van der Waals surface area contributed by atoms with Gasteiger partial charge in [-0.3, -0.25) is 9.69 Å². The van der Waals surface area contributed by atoms with Crippen LogP contribution in [0.4, 0.5) is 5.69 Å². The Morgan fingerprint density at radius 1 is 1.04 bits per heavy atom. The summed E-state index contributed by atoms with van der Waals surface area (Å²) in [5, 5.41) is 3.11. The number of hydrogen-bond donors (Lipinski definition) is 1. The number of benzene rings is 1. The molecule has 1 N–H and O–H groups in total. The molecule has 3 heteroatoms. The van der Waals surface area contributed by atoms with Crippen LogP contribution in [0.15, 0.2) is 18.2 Å². The second-order valence-electron chi connectivity index (χ2n) is 7.71. The van der Waals surface area contributed by atoms with E-state index in [4.69, 9.17) is 0 Å². The molecule has 0 radical (unpaired) electrons. The largest absolute Gasteiger partial charge is 0.325 e. The third-order valence-corrected chi connectivity index (χ3v) is 6.12. The molecule has 1 aliphatic heterocycles. The molecule has 1 aromatic rings. The molecule has 0 aromatic heterocycles. The van der Waals surface area contributed by atoms with E-state index < -0.39 is 0 Å². The Hall–Kier alpha value is -1.35. The van der Waals surface area contributed by atoms with E-state index in [-0.39, 0.29) is 5.91 Å². The van der Waals surface area contributed by atoms with Crippen molar-refractivity contribution in [2.24, 2.45) is 11.8 Å². The Morgan fingerprint density at radius 2 is 1.87 bits per heavy atom. The number of piperidine rings is 1. The molecule has 3 nitrogen and oxygen atoms in total. The Morgan fingerprint density at radius 3 is 2.78 bits per heavy atom. The van der Waals surface area contributed by atoms with Crippen molar-refractivity contribution in [3.63, 3.8) is 0 Å². The van der Waals surface area contributed by atoms with Crippen LogP contribution >= 0.6 is 0 Å². The number of rotatable bonds is 3. The molecule has 124 valence electrons. The smallest absolute Gasteiger partial charge is 0.238 e. The summed E-state index contributed by atoms with van der Waals surface area (Å²) in [6, 6.07) is 6.43. The second-order valence-corrected chi connectivity index (χ2v) is 7.71. The Bertz CT molecular complexity index is 583. The summed E-state index contributed by atoms with van der Waals surface area (Å²) in [4.78, 5) is 14.8. The van der Waals surface area contributed by atoms with Crippen LogP contribution in [0.2, 0.25) is 0 Å². The molecular weight excluding hydrogens is 284 g/mol. The average Bonchev–Trinajstić information content (AvgIpc) is 3.02. The lowest BCUT2D eigenvalue weighted by Gasteiger charge is -2.41. The van der Waals surface area contributed by atoms with Crippen LogP contribution in [0.3, 0.4) is 0 Å². The predicted molar refractivity (Wildman–Crippen MR) is 93.6 cm³/mol. The lowest BCUT2D eigenvalue weighted by molar-refractivity contribution is -0.118. The molecule has 1 saturated carbocycles. The number of anilines is 1. The van der Waals surface area contributed by atoms with E-state index >= 15 is 0 Å². The number of likely N-dealkylation sites (tertiary alicyclic amines) is 1. The van der Waals surface area contributed by atoms with E-state index in [0.29, 0.717) is 6.54 Å². The van der Waals surface area contributed by atoms with Crippen molar-refractivity contribution in [3.05, 3.63) is 29.3 Å². The first kappa shape index (κ1) is 15.2. The minimum Gasteiger partial charge on any atom is -0.325 e. The van der Waals surface area contributed by atoms with E-state index in [1.165, 1.54) is 56.1 Å². The van der Waals surface area contributed by atoms with Crippen LogP contribution in [0, 0.1) is 11.8 Å². The second kappa shape index (κ2) is 6.64. The summed E-state index contributed by atoms with van der Waals surface area (Å²) >= 11 is 0. The standard InChI is InChI=1S/C20H28N2O/c23-20(21-19-9-8-15-6-3-7-17(15)12-19)14-22-11-10-16-4-1-2-5-18(16)13-22/h8-9,12,16,18H,1-7,10-11,13-14H2,(H,21,23)/t16-,18+/m0/s1. The molecule has 2 atom stereocenters. The molecule has 2 fully saturated rings. The molecule has 4 rings (SSSR count). The van der Waals surface area contributed by atoms with E-state index in [9.17, 15) is 4.79 Å². The molecule has 0 bridgehead atoms. The minimum absolute atomic E-state index is 0.150. The van der Waals surface area contributed by atoms with E-state index in [2.05, 4.69) is 28.4 Å². The summed E-state index contributed by atoms with van der Waals surface area (Å²) in [5.74, 6) is 1.92. The van der Waals surface area contributed by atoms with Crippen LogP contribution < -0.4 is 5.32 Å². The number of aryl methyl sites for hydroxylation is 2. The maximum absolute atomic E-state index is 12.4. The van der Waals surface area contributed by atoms with Crippen molar-refractivity contribution in [1.82, 2.24) is 4.90 Å². The van der Waals surface area contributed by atoms with Gasteiger partial charge in [0.25, 0.3) is 0 Å².